The molecule has 1 N–H and O–H groups in total. The number of anilines is 1. The number of aryl methyl sites for hydroxylation is 1. The second-order valence-corrected chi connectivity index (χ2v) is 4.48. The number of halogens is 1. The first-order valence-corrected chi connectivity index (χ1v) is 5.94. The van der Waals surface area contributed by atoms with Gasteiger partial charge >= 0.3 is 0 Å². The molecule has 0 saturated carbocycles. The van der Waals surface area contributed by atoms with Crippen LogP contribution in [0.4, 0.5) is 5.69 Å². The van der Waals surface area contributed by atoms with E-state index in [9.17, 15) is 4.79 Å². The topological polar surface area (TPSA) is 46.9 Å². The zero-order chi connectivity index (χ0) is 12.4. The van der Waals surface area contributed by atoms with Crippen molar-refractivity contribution in [3.05, 3.63) is 46.2 Å². The van der Waals surface area contributed by atoms with Crippen LogP contribution in [0, 0.1) is 6.92 Å². The lowest BCUT2D eigenvalue weighted by Gasteiger charge is -2.02. The highest BCUT2D eigenvalue weighted by Crippen LogP contribution is 2.21. The average Bonchev–Trinajstić information content (AvgIpc) is 2.58. The van der Waals surface area contributed by atoms with Gasteiger partial charge in [0, 0.05) is 12.7 Å². The molecule has 1 heterocycles. The Hall–Kier alpha value is -1.62. The first-order valence-electron chi connectivity index (χ1n) is 5.15. The summed E-state index contributed by atoms with van der Waals surface area (Å²) in [4.78, 5) is 12.0. The molecule has 0 aliphatic heterocycles. The zero-order valence-corrected chi connectivity index (χ0v) is 11.2. The van der Waals surface area contributed by atoms with Gasteiger partial charge in [-0.3, -0.25) is 9.48 Å². The Morgan fingerprint density at radius 1 is 1.35 bits per heavy atom. The number of benzene rings is 1. The normalized spacial score (nSPS) is 10.3. The number of aromatic nitrogens is 2. The van der Waals surface area contributed by atoms with Crippen molar-refractivity contribution in [3.63, 3.8) is 0 Å². The van der Waals surface area contributed by atoms with Crippen LogP contribution >= 0.6 is 15.9 Å². The number of nitrogens with one attached hydrogen (secondary N) is 1. The van der Waals surface area contributed by atoms with Crippen LogP contribution in [0.5, 0.6) is 0 Å². The van der Waals surface area contributed by atoms with E-state index >= 15 is 0 Å². The van der Waals surface area contributed by atoms with Crippen LogP contribution in [-0.2, 0) is 7.05 Å². The number of carbonyl (C=O) groups excluding carboxylic acids is 1. The van der Waals surface area contributed by atoms with Gasteiger partial charge in [0.15, 0.2) is 5.69 Å². The molecule has 1 aromatic heterocycles. The van der Waals surface area contributed by atoms with Crippen molar-refractivity contribution < 1.29 is 4.79 Å². The largest absolute Gasteiger partial charge is 0.321 e. The van der Waals surface area contributed by atoms with Gasteiger partial charge in [0.25, 0.3) is 5.91 Å². The molecule has 0 atom stereocenters. The minimum absolute atomic E-state index is 0.216. The lowest BCUT2D eigenvalue weighted by atomic mass is 10.3. The zero-order valence-electron chi connectivity index (χ0n) is 9.57. The number of hydrogen-bond acceptors (Lipinski definition) is 2. The predicted octanol–water partition coefficient (Wildman–Crippen LogP) is 2.74. The predicted molar refractivity (Wildman–Crippen MR) is 70.0 cm³/mol. The van der Waals surface area contributed by atoms with E-state index in [4.69, 9.17) is 0 Å². The Morgan fingerprint density at radius 3 is 2.53 bits per heavy atom. The van der Waals surface area contributed by atoms with Crippen LogP contribution in [0.2, 0.25) is 0 Å². The number of hydrogen-bond donors (Lipinski definition) is 1. The Balaban J connectivity index is 2.24. The SMILES string of the molecule is Cc1c(Br)c(C(=O)Nc2ccccc2)nn1C. The van der Waals surface area contributed by atoms with Gasteiger partial charge < -0.3 is 5.32 Å². The minimum atomic E-state index is -0.216. The lowest BCUT2D eigenvalue weighted by Crippen LogP contribution is -2.13. The van der Waals surface area contributed by atoms with Gasteiger partial charge in [0.2, 0.25) is 0 Å². The van der Waals surface area contributed by atoms with Gasteiger partial charge in [-0.2, -0.15) is 5.10 Å². The van der Waals surface area contributed by atoms with E-state index < -0.39 is 0 Å². The van der Waals surface area contributed by atoms with Gasteiger partial charge in [-0.05, 0) is 35.0 Å². The van der Waals surface area contributed by atoms with Crippen molar-refractivity contribution in [2.45, 2.75) is 6.92 Å². The van der Waals surface area contributed by atoms with E-state index in [1.54, 1.807) is 11.7 Å². The van der Waals surface area contributed by atoms with Gasteiger partial charge in [0.1, 0.15) is 0 Å². The molecule has 0 unspecified atom stereocenters. The molecule has 0 radical (unpaired) electrons. The number of carbonyl (C=O) groups is 1. The van der Waals surface area contributed by atoms with E-state index in [2.05, 4.69) is 26.3 Å². The highest BCUT2D eigenvalue weighted by Gasteiger charge is 2.17. The summed E-state index contributed by atoms with van der Waals surface area (Å²) < 4.78 is 2.40. The second kappa shape index (κ2) is 4.71. The molecule has 2 aromatic rings. The summed E-state index contributed by atoms with van der Waals surface area (Å²) >= 11 is 3.37. The van der Waals surface area contributed by atoms with Crippen molar-refractivity contribution in [1.29, 1.82) is 0 Å². The van der Waals surface area contributed by atoms with E-state index in [0.717, 1.165) is 15.9 Å². The maximum absolute atomic E-state index is 12.0. The van der Waals surface area contributed by atoms with Crippen LogP contribution in [0.15, 0.2) is 34.8 Å². The molecule has 0 bridgehead atoms. The fraction of sp³-hybridized carbons (Fsp3) is 0.167. The van der Waals surface area contributed by atoms with Crippen molar-refractivity contribution in [2.24, 2.45) is 7.05 Å². The maximum atomic E-state index is 12.0. The van der Waals surface area contributed by atoms with E-state index in [0.29, 0.717) is 5.69 Å². The Labute approximate surface area is 108 Å². The van der Waals surface area contributed by atoms with Crippen LogP contribution in [-0.4, -0.2) is 15.7 Å². The van der Waals surface area contributed by atoms with Crippen LogP contribution < -0.4 is 5.32 Å². The number of nitrogens with zero attached hydrogens (tertiary/aromatic N) is 2. The standard InChI is InChI=1S/C12H12BrN3O/c1-8-10(13)11(15-16(8)2)12(17)14-9-6-4-3-5-7-9/h3-7H,1-2H3,(H,14,17). The summed E-state index contributed by atoms with van der Waals surface area (Å²) in [5, 5.41) is 6.96. The molecule has 17 heavy (non-hydrogen) atoms. The fourth-order valence-electron chi connectivity index (χ4n) is 1.44. The van der Waals surface area contributed by atoms with Crippen molar-refractivity contribution in [3.8, 4) is 0 Å². The van der Waals surface area contributed by atoms with Gasteiger partial charge in [-0.15, -0.1) is 0 Å². The van der Waals surface area contributed by atoms with Crippen molar-refractivity contribution in [2.75, 3.05) is 5.32 Å². The smallest absolute Gasteiger partial charge is 0.277 e. The third-order valence-corrected chi connectivity index (χ3v) is 3.46. The molecule has 0 aliphatic carbocycles. The maximum Gasteiger partial charge on any atom is 0.277 e. The molecular formula is C12H12BrN3O. The molecular weight excluding hydrogens is 282 g/mol. The molecule has 0 spiro atoms. The van der Waals surface area contributed by atoms with Gasteiger partial charge in [-0.1, -0.05) is 18.2 Å². The molecule has 0 saturated heterocycles. The average molecular weight is 294 g/mol. The third kappa shape index (κ3) is 2.39. The minimum Gasteiger partial charge on any atom is -0.321 e. The summed E-state index contributed by atoms with van der Waals surface area (Å²) in [7, 11) is 1.80. The summed E-state index contributed by atoms with van der Waals surface area (Å²) in [6.45, 7) is 1.90. The highest BCUT2D eigenvalue weighted by molar-refractivity contribution is 9.10. The van der Waals surface area contributed by atoms with Crippen LogP contribution in [0.25, 0.3) is 0 Å². The van der Waals surface area contributed by atoms with Crippen LogP contribution in [0.1, 0.15) is 16.2 Å². The monoisotopic (exact) mass is 293 g/mol. The third-order valence-electron chi connectivity index (χ3n) is 2.51. The molecule has 88 valence electrons. The summed E-state index contributed by atoms with van der Waals surface area (Å²) in [5.74, 6) is -0.216. The summed E-state index contributed by atoms with van der Waals surface area (Å²) in [6, 6.07) is 9.31. The molecule has 0 fully saturated rings. The Kier molecular flexibility index (Phi) is 3.28. The second-order valence-electron chi connectivity index (χ2n) is 3.69. The molecule has 5 heteroatoms. The summed E-state index contributed by atoms with van der Waals surface area (Å²) in [6.07, 6.45) is 0. The lowest BCUT2D eigenvalue weighted by molar-refractivity contribution is 0.102. The molecule has 0 aliphatic rings. The first-order chi connectivity index (χ1) is 8.09. The van der Waals surface area contributed by atoms with Crippen molar-refractivity contribution >= 4 is 27.5 Å². The van der Waals surface area contributed by atoms with Crippen molar-refractivity contribution in [1.82, 2.24) is 9.78 Å². The highest BCUT2D eigenvalue weighted by atomic mass is 79.9. The van der Waals surface area contributed by atoms with E-state index in [1.165, 1.54) is 0 Å². The molecule has 2 rings (SSSR count). The Morgan fingerprint density at radius 2 is 2.00 bits per heavy atom. The Bertz CT molecular complexity index is 548. The fourth-order valence-corrected chi connectivity index (χ4v) is 1.96. The summed E-state index contributed by atoms with van der Waals surface area (Å²) in [5.41, 5.74) is 2.07. The first kappa shape index (κ1) is 11.9. The molecule has 1 amide bonds. The van der Waals surface area contributed by atoms with E-state index in [-0.39, 0.29) is 5.91 Å². The quantitative estimate of drug-likeness (QED) is 0.925. The van der Waals surface area contributed by atoms with Crippen LogP contribution in [0.3, 0.4) is 0 Å². The van der Waals surface area contributed by atoms with Gasteiger partial charge in [0.05, 0.1) is 10.2 Å². The number of para-hydroxylation sites is 1. The van der Waals surface area contributed by atoms with E-state index in [1.807, 2.05) is 37.3 Å². The number of amides is 1. The van der Waals surface area contributed by atoms with Gasteiger partial charge in [-0.25, -0.2) is 0 Å². The number of rotatable bonds is 2. The molecule has 1 aromatic carbocycles. The molecule has 4 nitrogen and oxygen atoms in total.